The molecule has 4 nitrogen and oxygen atoms in total. The van der Waals surface area contributed by atoms with Crippen LogP contribution in [0.4, 0.5) is 0 Å². The fourth-order valence-electron chi connectivity index (χ4n) is 1.19. The van der Waals surface area contributed by atoms with E-state index in [-0.39, 0.29) is 12.6 Å². The molecule has 0 aliphatic carbocycles. The number of aliphatic hydroxyl groups is 1. The van der Waals surface area contributed by atoms with Crippen LogP contribution in [0.5, 0.6) is 0 Å². The van der Waals surface area contributed by atoms with Crippen molar-refractivity contribution < 1.29 is 9.52 Å². The van der Waals surface area contributed by atoms with Crippen molar-refractivity contribution in [1.29, 1.82) is 0 Å². The summed E-state index contributed by atoms with van der Waals surface area (Å²) in [7, 11) is 0. The molecule has 0 aliphatic rings. The number of rotatable bonds is 6. The van der Waals surface area contributed by atoms with Gasteiger partial charge in [0.25, 0.3) is 0 Å². The summed E-state index contributed by atoms with van der Waals surface area (Å²) in [5.74, 6) is 0.786. The second-order valence-corrected chi connectivity index (χ2v) is 4.66. The van der Waals surface area contributed by atoms with Crippen LogP contribution in [0.25, 0.3) is 0 Å². The third-order valence-corrected chi connectivity index (χ3v) is 3.68. The quantitative estimate of drug-likeness (QED) is 0.690. The van der Waals surface area contributed by atoms with Gasteiger partial charge in [0.15, 0.2) is 4.67 Å². The summed E-state index contributed by atoms with van der Waals surface area (Å²) in [5, 5.41) is 11.9. The number of nitrogens with two attached hydrogens (primary N) is 1. The zero-order chi connectivity index (χ0) is 11.3. The fourth-order valence-corrected chi connectivity index (χ4v) is 1.80. The maximum absolute atomic E-state index is 8.66. The van der Waals surface area contributed by atoms with Gasteiger partial charge in [0, 0.05) is 13.2 Å². The Hall–Kier alpha value is 0.120. The van der Waals surface area contributed by atoms with Gasteiger partial charge in [-0.1, -0.05) is 0 Å². The van der Waals surface area contributed by atoms with Crippen molar-refractivity contribution in [3.05, 3.63) is 21.0 Å². The van der Waals surface area contributed by atoms with Crippen LogP contribution in [-0.4, -0.2) is 24.8 Å². The van der Waals surface area contributed by atoms with Crippen molar-refractivity contribution in [3.8, 4) is 0 Å². The minimum atomic E-state index is -0.0147. The predicted octanol–water partition coefficient (Wildman–Crippen LogP) is 1.78. The molecule has 0 radical (unpaired) electrons. The Kier molecular flexibility index (Phi) is 5.84. The van der Waals surface area contributed by atoms with Crippen molar-refractivity contribution in [2.45, 2.75) is 12.5 Å². The van der Waals surface area contributed by atoms with E-state index in [1.807, 2.05) is 6.07 Å². The zero-order valence-electron chi connectivity index (χ0n) is 8.17. The highest BCUT2D eigenvalue weighted by Crippen LogP contribution is 2.29. The lowest BCUT2D eigenvalue weighted by Crippen LogP contribution is -2.29. The Balaban J connectivity index is 2.57. The van der Waals surface area contributed by atoms with E-state index < -0.39 is 0 Å². The summed E-state index contributed by atoms with van der Waals surface area (Å²) in [5.41, 5.74) is 5.63. The SMILES string of the molecule is NCC(NCCCO)c1cc(Br)c(Br)o1. The topological polar surface area (TPSA) is 71.4 Å². The molecule has 0 amide bonds. The van der Waals surface area contributed by atoms with Gasteiger partial charge in [-0.2, -0.15) is 0 Å². The molecule has 0 saturated heterocycles. The minimum Gasteiger partial charge on any atom is -0.451 e. The largest absolute Gasteiger partial charge is 0.451 e. The molecule has 4 N–H and O–H groups in total. The highest BCUT2D eigenvalue weighted by atomic mass is 79.9. The van der Waals surface area contributed by atoms with Crippen molar-refractivity contribution in [3.63, 3.8) is 0 Å². The number of furan rings is 1. The number of aliphatic hydroxyl groups excluding tert-OH is 1. The molecular weight excluding hydrogens is 328 g/mol. The smallest absolute Gasteiger partial charge is 0.183 e. The van der Waals surface area contributed by atoms with E-state index in [2.05, 4.69) is 37.2 Å². The standard InChI is InChI=1S/C9H14Br2N2O2/c10-6-4-8(15-9(6)11)7(5-12)13-2-1-3-14/h4,7,13-14H,1-3,5,12H2. The van der Waals surface area contributed by atoms with Crippen LogP contribution in [0.3, 0.4) is 0 Å². The first-order valence-electron chi connectivity index (χ1n) is 4.68. The third kappa shape index (κ3) is 3.88. The molecule has 1 aromatic rings. The highest BCUT2D eigenvalue weighted by Gasteiger charge is 2.15. The zero-order valence-corrected chi connectivity index (χ0v) is 11.3. The summed E-state index contributed by atoms with van der Waals surface area (Å²) >= 11 is 6.62. The van der Waals surface area contributed by atoms with E-state index in [0.717, 1.165) is 10.2 Å². The Morgan fingerprint density at radius 2 is 2.27 bits per heavy atom. The van der Waals surface area contributed by atoms with Crippen molar-refractivity contribution in [1.82, 2.24) is 5.32 Å². The Morgan fingerprint density at radius 1 is 1.53 bits per heavy atom. The second-order valence-electron chi connectivity index (χ2n) is 3.09. The van der Waals surface area contributed by atoms with Crippen LogP contribution in [0.1, 0.15) is 18.2 Å². The average Bonchev–Trinajstić information content (AvgIpc) is 2.54. The maximum Gasteiger partial charge on any atom is 0.183 e. The molecule has 1 atom stereocenters. The lowest BCUT2D eigenvalue weighted by atomic mass is 10.2. The van der Waals surface area contributed by atoms with Gasteiger partial charge in [-0.15, -0.1) is 0 Å². The molecule has 0 saturated carbocycles. The van der Waals surface area contributed by atoms with Crippen LogP contribution < -0.4 is 11.1 Å². The molecule has 15 heavy (non-hydrogen) atoms. The van der Waals surface area contributed by atoms with E-state index >= 15 is 0 Å². The molecule has 1 heterocycles. The molecule has 1 unspecified atom stereocenters. The molecular formula is C9H14Br2N2O2. The average molecular weight is 342 g/mol. The van der Waals surface area contributed by atoms with Gasteiger partial charge in [0.1, 0.15) is 5.76 Å². The van der Waals surface area contributed by atoms with Crippen molar-refractivity contribution >= 4 is 31.9 Å². The van der Waals surface area contributed by atoms with Gasteiger partial charge in [-0.25, -0.2) is 0 Å². The third-order valence-electron chi connectivity index (χ3n) is 1.97. The van der Waals surface area contributed by atoms with Crippen LogP contribution in [-0.2, 0) is 0 Å². The first-order valence-corrected chi connectivity index (χ1v) is 6.26. The number of nitrogens with one attached hydrogen (secondary N) is 1. The summed E-state index contributed by atoms with van der Waals surface area (Å²) in [6, 6.07) is 1.87. The Bertz CT molecular complexity index is 285. The van der Waals surface area contributed by atoms with E-state index in [1.165, 1.54) is 0 Å². The monoisotopic (exact) mass is 340 g/mol. The second kappa shape index (κ2) is 6.65. The van der Waals surface area contributed by atoms with Gasteiger partial charge in [-0.05, 0) is 50.9 Å². The summed E-state index contributed by atoms with van der Waals surface area (Å²) in [6.07, 6.45) is 0.708. The molecule has 0 fully saturated rings. The number of halogens is 2. The van der Waals surface area contributed by atoms with Crippen LogP contribution in [0.2, 0.25) is 0 Å². The van der Waals surface area contributed by atoms with E-state index in [9.17, 15) is 0 Å². The van der Waals surface area contributed by atoms with Gasteiger partial charge in [0.05, 0.1) is 10.5 Å². The van der Waals surface area contributed by atoms with Gasteiger partial charge >= 0.3 is 0 Å². The normalized spacial score (nSPS) is 13.1. The minimum absolute atomic E-state index is 0.0147. The Morgan fingerprint density at radius 3 is 2.73 bits per heavy atom. The molecule has 1 rings (SSSR count). The molecule has 6 heteroatoms. The van der Waals surface area contributed by atoms with Gasteiger partial charge in [-0.3, -0.25) is 0 Å². The van der Waals surface area contributed by atoms with Crippen molar-refractivity contribution in [2.75, 3.05) is 19.7 Å². The molecule has 86 valence electrons. The summed E-state index contributed by atoms with van der Waals surface area (Å²) in [6.45, 7) is 1.35. The molecule has 1 aromatic heterocycles. The van der Waals surface area contributed by atoms with Gasteiger partial charge in [0.2, 0.25) is 0 Å². The first-order chi connectivity index (χ1) is 7.19. The lowest BCUT2D eigenvalue weighted by molar-refractivity contribution is 0.281. The highest BCUT2D eigenvalue weighted by molar-refractivity contribution is 9.13. The summed E-state index contributed by atoms with van der Waals surface area (Å²) in [4.78, 5) is 0. The van der Waals surface area contributed by atoms with E-state index in [1.54, 1.807) is 0 Å². The summed E-state index contributed by atoms with van der Waals surface area (Å²) < 4.78 is 7.00. The van der Waals surface area contributed by atoms with Crippen LogP contribution in [0.15, 0.2) is 19.6 Å². The van der Waals surface area contributed by atoms with E-state index in [0.29, 0.717) is 24.2 Å². The first kappa shape index (κ1) is 13.2. The molecule has 0 aromatic carbocycles. The predicted molar refractivity (Wildman–Crippen MR) is 65.6 cm³/mol. The fraction of sp³-hybridized carbons (Fsp3) is 0.556. The molecule has 0 bridgehead atoms. The van der Waals surface area contributed by atoms with Crippen LogP contribution >= 0.6 is 31.9 Å². The van der Waals surface area contributed by atoms with E-state index in [4.69, 9.17) is 15.3 Å². The number of hydrogen-bond acceptors (Lipinski definition) is 4. The number of hydrogen-bond donors (Lipinski definition) is 3. The van der Waals surface area contributed by atoms with Crippen molar-refractivity contribution in [2.24, 2.45) is 5.73 Å². The maximum atomic E-state index is 8.66. The Labute approximate surface area is 105 Å². The molecule has 0 spiro atoms. The molecule has 0 aliphatic heterocycles. The van der Waals surface area contributed by atoms with Crippen LogP contribution in [0, 0.1) is 0 Å². The lowest BCUT2D eigenvalue weighted by Gasteiger charge is -2.13. The van der Waals surface area contributed by atoms with Gasteiger partial charge < -0.3 is 20.6 Å².